The molecule has 3 atom stereocenters. The number of esters is 1. The molecule has 3 unspecified atom stereocenters. The number of rotatable bonds is 17. The van der Waals surface area contributed by atoms with Crippen LogP contribution in [0.5, 0.6) is 0 Å². The van der Waals surface area contributed by atoms with Gasteiger partial charge in [-0.15, -0.1) is 0 Å². The van der Waals surface area contributed by atoms with Crippen molar-refractivity contribution in [2.75, 3.05) is 6.61 Å². The third-order valence-corrected chi connectivity index (χ3v) is 11.4. The first-order valence-corrected chi connectivity index (χ1v) is 23.8. The molecule has 1 fully saturated rings. The van der Waals surface area contributed by atoms with Crippen LogP contribution in [-0.4, -0.2) is 43.6 Å². The summed E-state index contributed by atoms with van der Waals surface area (Å²) < 4.78 is 4.42. The SMILES string of the molecule is CCCCOC(=O)C(C)(C)Br.CCCc1ccc(C(C)ON(C(c2ccccc2)C(C)C)C(C)(C)C)cc1.CCCc1ccc(C(C)ON2C(C)(C)CCCC2(C)C)cc1. The van der Waals surface area contributed by atoms with Gasteiger partial charge in [0.2, 0.25) is 0 Å². The number of ether oxygens (including phenoxy) is 1. The fourth-order valence-corrected chi connectivity index (χ4v) is 7.88. The fraction of sp³-hybridized carbons (Fsp3) is 0.642. The van der Waals surface area contributed by atoms with E-state index in [1.165, 1.54) is 59.9 Å². The second kappa shape index (κ2) is 24.9. The first-order chi connectivity index (χ1) is 28.0. The summed E-state index contributed by atoms with van der Waals surface area (Å²) >= 11 is 3.22. The van der Waals surface area contributed by atoms with Crippen molar-refractivity contribution in [2.24, 2.45) is 5.92 Å². The van der Waals surface area contributed by atoms with Gasteiger partial charge in [0.05, 0.1) is 12.6 Å². The van der Waals surface area contributed by atoms with Gasteiger partial charge in [0.25, 0.3) is 0 Å². The topological polar surface area (TPSA) is 51.2 Å². The number of carbonyl (C=O) groups excluding carboxylic acids is 1. The van der Waals surface area contributed by atoms with E-state index in [0.717, 1.165) is 25.7 Å². The van der Waals surface area contributed by atoms with Crippen LogP contribution >= 0.6 is 15.9 Å². The van der Waals surface area contributed by atoms with Crippen LogP contribution in [0.25, 0.3) is 0 Å². The minimum absolute atomic E-state index is 0.00450. The summed E-state index contributed by atoms with van der Waals surface area (Å²) in [6.45, 7) is 35.3. The molecule has 1 aliphatic heterocycles. The van der Waals surface area contributed by atoms with E-state index in [9.17, 15) is 4.79 Å². The third kappa shape index (κ3) is 17.7. The highest BCUT2D eigenvalue weighted by Crippen LogP contribution is 2.41. The number of nitrogens with zero attached hydrogens (tertiary/aromatic N) is 2. The zero-order valence-electron chi connectivity index (χ0n) is 40.8. The van der Waals surface area contributed by atoms with E-state index in [1.807, 2.05) is 0 Å². The van der Waals surface area contributed by atoms with E-state index >= 15 is 0 Å². The molecule has 7 heteroatoms. The molecule has 1 saturated heterocycles. The first-order valence-electron chi connectivity index (χ1n) is 23.0. The number of hydrogen-bond acceptors (Lipinski definition) is 6. The molecule has 1 aliphatic rings. The van der Waals surface area contributed by atoms with Gasteiger partial charge >= 0.3 is 5.97 Å². The molecule has 0 bridgehead atoms. The number of carbonyl (C=O) groups is 1. The molecular weight excluding hydrogens is 808 g/mol. The monoisotopic (exact) mass is 893 g/mol. The molecule has 4 rings (SSSR count). The molecule has 3 aromatic rings. The molecule has 0 amide bonds. The molecule has 6 nitrogen and oxygen atoms in total. The first kappa shape index (κ1) is 53.6. The van der Waals surface area contributed by atoms with E-state index in [1.54, 1.807) is 13.8 Å². The number of hydroxylamine groups is 4. The summed E-state index contributed by atoms with van der Waals surface area (Å²) in [5.74, 6) is 0.247. The van der Waals surface area contributed by atoms with Gasteiger partial charge in [-0.1, -0.05) is 149 Å². The zero-order chi connectivity index (χ0) is 45.3. The predicted octanol–water partition coefficient (Wildman–Crippen LogP) is 15.3. The highest BCUT2D eigenvalue weighted by molar-refractivity contribution is 9.10. The van der Waals surface area contributed by atoms with Gasteiger partial charge in [-0.3, -0.25) is 14.5 Å². The molecule has 0 aliphatic carbocycles. The number of halogens is 1. The number of unbranched alkanes of at least 4 members (excludes halogenated alkanes) is 1. The second-order valence-corrected chi connectivity index (χ2v) is 21.8. The van der Waals surface area contributed by atoms with Gasteiger partial charge in [0.1, 0.15) is 16.5 Å². The quantitative estimate of drug-likeness (QED) is 0.0582. The number of aryl methyl sites for hydroxylation is 2. The highest BCUT2D eigenvalue weighted by Gasteiger charge is 2.43. The molecule has 0 N–H and O–H groups in total. The van der Waals surface area contributed by atoms with Gasteiger partial charge in [0.15, 0.2) is 0 Å². The highest BCUT2D eigenvalue weighted by atomic mass is 79.9. The summed E-state index contributed by atoms with van der Waals surface area (Å²) in [7, 11) is 0. The van der Waals surface area contributed by atoms with Crippen molar-refractivity contribution in [3.63, 3.8) is 0 Å². The van der Waals surface area contributed by atoms with Crippen LogP contribution in [0.2, 0.25) is 0 Å². The smallest absolute Gasteiger partial charge is 0.322 e. The van der Waals surface area contributed by atoms with Crippen LogP contribution in [-0.2, 0) is 32.0 Å². The Morgan fingerprint density at radius 2 is 1.17 bits per heavy atom. The van der Waals surface area contributed by atoms with Gasteiger partial charge in [0, 0.05) is 16.6 Å². The molecule has 3 aromatic carbocycles. The van der Waals surface area contributed by atoms with E-state index in [4.69, 9.17) is 14.4 Å². The van der Waals surface area contributed by atoms with Crippen LogP contribution in [0.4, 0.5) is 0 Å². The van der Waals surface area contributed by atoms with Gasteiger partial charge in [-0.2, -0.15) is 10.1 Å². The maximum Gasteiger partial charge on any atom is 0.322 e. The van der Waals surface area contributed by atoms with Crippen LogP contribution in [0, 0.1) is 5.92 Å². The lowest BCUT2D eigenvalue weighted by atomic mass is 9.82. The lowest BCUT2D eigenvalue weighted by Crippen LogP contribution is -2.58. The van der Waals surface area contributed by atoms with Crippen molar-refractivity contribution in [3.8, 4) is 0 Å². The summed E-state index contributed by atoms with van der Waals surface area (Å²) in [6, 6.07) is 28.7. The van der Waals surface area contributed by atoms with Crippen molar-refractivity contribution in [2.45, 2.75) is 208 Å². The van der Waals surface area contributed by atoms with Gasteiger partial charge < -0.3 is 4.74 Å². The Kier molecular flexibility index (Phi) is 22.3. The molecule has 0 spiro atoms. The Morgan fingerprint density at radius 1 is 0.700 bits per heavy atom. The minimum Gasteiger partial charge on any atom is -0.465 e. The third-order valence-electron chi connectivity index (χ3n) is 11.1. The largest absolute Gasteiger partial charge is 0.465 e. The van der Waals surface area contributed by atoms with Crippen LogP contribution in [0.1, 0.15) is 202 Å². The Bertz CT molecular complexity index is 1610. The summed E-state index contributed by atoms with van der Waals surface area (Å²) in [5, 5.41) is 4.46. The lowest BCUT2D eigenvalue weighted by molar-refractivity contribution is -0.304. The van der Waals surface area contributed by atoms with E-state index in [0.29, 0.717) is 12.5 Å². The Hall–Kier alpha value is -2.55. The summed E-state index contributed by atoms with van der Waals surface area (Å²) in [4.78, 5) is 24.1. The zero-order valence-corrected chi connectivity index (χ0v) is 42.4. The molecule has 1 heterocycles. The molecular formula is C53H85BrN2O4. The van der Waals surface area contributed by atoms with E-state index < -0.39 is 4.32 Å². The Morgan fingerprint density at radius 3 is 1.57 bits per heavy atom. The van der Waals surface area contributed by atoms with Crippen molar-refractivity contribution >= 4 is 21.9 Å². The lowest BCUT2D eigenvalue weighted by Gasteiger charge is -2.52. The maximum absolute atomic E-state index is 11.1. The molecule has 0 aromatic heterocycles. The standard InChI is InChI=1S/C25H37NO.C20H33NO.C8H15BrO2/c1-8-12-21-15-17-22(18-16-21)20(4)27-26(25(5,6)7)24(19(2)3)23-13-10-9-11-14-23;1-7-9-17-10-12-18(13-11-17)16(2)22-21-19(3,4)14-8-15-20(21,5)6;1-4-5-6-11-7(10)8(2,3)9/h9-11,13-20,24H,8,12H2,1-7H3;10-13,16H,7-9,14-15H2,1-6H3;4-6H2,1-3H3. The minimum atomic E-state index is -0.541. The maximum atomic E-state index is 11.1. The number of benzene rings is 3. The number of hydrogen-bond donors (Lipinski definition) is 0. The fourth-order valence-electron chi connectivity index (χ4n) is 7.76. The van der Waals surface area contributed by atoms with E-state index in [-0.39, 0.29) is 40.8 Å². The van der Waals surface area contributed by atoms with Gasteiger partial charge in [-0.05, 0) is 148 Å². The molecule has 0 radical (unpaired) electrons. The normalized spacial score (nSPS) is 16.9. The van der Waals surface area contributed by atoms with Crippen LogP contribution < -0.4 is 0 Å². The van der Waals surface area contributed by atoms with Crippen LogP contribution in [0.15, 0.2) is 78.9 Å². The average Bonchev–Trinajstić information content (AvgIpc) is 3.17. The van der Waals surface area contributed by atoms with Crippen molar-refractivity contribution in [1.82, 2.24) is 10.1 Å². The summed E-state index contributed by atoms with van der Waals surface area (Å²) in [5.41, 5.74) is 6.67. The molecule has 60 heavy (non-hydrogen) atoms. The van der Waals surface area contributed by atoms with E-state index in [2.05, 4.69) is 202 Å². The average molecular weight is 894 g/mol. The second-order valence-electron chi connectivity index (χ2n) is 19.8. The molecule has 338 valence electrons. The number of piperidine rings is 1. The molecule has 0 saturated carbocycles. The Labute approximate surface area is 376 Å². The number of alkyl halides is 1. The van der Waals surface area contributed by atoms with Gasteiger partial charge in [-0.25, -0.2) is 0 Å². The van der Waals surface area contributed by atoms with Crippen LogP contribution in [0.3, 0.4) is 0 Å². The predicted molar refractivity (Wildman–Crippen MR) is 258 cm³/mol. The summed E-state index contributed by atoms with van der Waals surface area (Å²) in [6.07, 6.45) is 10.4. The van der Waals surface area contributed by atoms with Crippen molar-refractivity contribution in [3.05, 3.63) is 107 Å². The van der Waals surface area contributed by atoms with Crippen molar-refractivity contribution in [1.29, 1.82) is 0 Å². The Balaban J connectivity index is 0.000000337. The van der Waals surface area contributed by atoms with Crippen molar-refractivity contribution < 1.29 is 19.2 Å².